The molecule has 1 aromatic carbocycles. The maximum Gasteiger partial charge on any atom is 0.433 e. The van der Waals surface area contributed by atoms with Gasteiger partial charge < -0.3 is 9.84 Å². The number of nitrogens with zero attached hydrogens (tertiary/aromatic N) is 5. The van der Waals surface area contributed by atoms with Crippen LogP contribution < -0.4 is 4.74 Å². The summed E-state index contributed by atoms with van der Waals surface area (Å²) in [6.45, 7) is 2.09. The summed E-state index contributed by atoms with van der Waals surface area (Å²) in [5.41, 5.74) is 0.495. The molecule has 1 fully saturated rings. The Hall–Kier alpha value is -2.88. The van der Waals surface area contributed by atoms with Gasteiger partial charge in [0.25, 0.3) is 5.78 Å². The normalized spacial score (nSPS) is 16.4. The molecule has 3 aromatic rings. The van der Waals surface area contributed by atoms with Crippen molar-refractivity contribution in [3.8, 4) is 11.5 Å². The van der Waals surface area contributed by atoms with Crippen molar-refractivity contribution >= 4 is 5.78 Å². The zero-order valence-electron chi connectivity index (χ0n) is 15.7. The lowest BCUT2D eigenvalue weighted by molar-refractivity contribution is -0.142. The van der Waals surface area contributed by atoms with E-state index in [0.29, 0.717) is 30.8 Å². The second-order valence-electron chi connectivity index (χ2n) is 7.09. The standard InChI is InChI=1S/C19H20F3N5O2/c1-29-16-3-2-12(8-15(16)28)10-26-6-4-13(5-7-26)14-9-17(19(20,21)22)27-18(25-14)23-11-24-27/h2-3,8-9,11,13,28H,4-7,10H2,1H3. The van der Waals surface area contributed by atoms with Gasteiger partial charge in [0.15, 0.2) is 17.2 Å². The second-order valence-corrected chi connectivity index (χ2v) is 7.09. The number of ether oxygens (including phenoxy) is 1. The number of phenols is 1. The highest BCUT2D eigenvalue weighted by Crippen LogP contribution is 2.34. The first-order chi connectivity index (χ1) is 13.8. The number of piperidine rings is 1. The quantitative estimate of drug-likeness (QED) is 0.716. The Morgan fingerprint density at radius 2 is 1.97 bits per heavy atom. The zero-order valence-corrected chi connectivity index (χ0v) is 15.7. The number of fused-ring (bicyclic) bond motifs is 1. The van der Waals surface area contributed by atoms with Crippen molar-refractivity contribution in [1.29, 1.82) is 0 Å². The maximum absolute atomic E-state index is 13.4. The van der Waals surface area contributed by atoms with Gasteiger partial charge in [0.1, 0.15) is 6.33 Å². The number of hydrogen-bond acceptors (Lipinski definition) is 6. The Morgan fingerprint density at radius 1 is 1.21 bits per heavy atom. The van der Waals surface area contributed by atoms with Crippen LogP contribution in [0.25, 0.3) is 5.78 Å². The zero-order chi connectivity index (χ0) is 20.6. The topological polar surface area (TPSA) is 75.8 Å². The minimum atomic E-state index is -4.53. The molecule has 4 rings (SSSR count). The summed E-state index contributed by atoms with van der Waals surface area (Å²) in [4.78, 5) is 10.3. The van der Waals surface area contributed by atoms with Gasteiger partial charge in [-0.15, -0.1) is 0 Å². The largest absolute Gasteiger partial charge is 0.504 e. The first kappa shape index (κ1) is 19.4. The number of alkyl halides is 3. The number of phenolic OH excluding ortho intramolecular Hbond substituents is 1. The van der Waals surface area contributed by atoms with Gasteiger partial charge in [-0.05, 0) is 49.7 Å². The molecule has 0 bridgehead atoms. The minimum absolute atomic E-state index is 0.0361. The van der Waals surface area contributed by atoms with Crippen LogP contribution in [0, 0.1) is 0 Å². The van der Waals surface area contributed by atoms with Crippen LogP contribution >= 0.6 is 0 Å². The summed E-state index contributed by atoms with van der Waals surface area (Å²) >= 11 is 0. The summed E-state index contributed by atoms with van der Waals surface area (Å²) in [7, 11) is 1.49. The fraction of sp³-hybridized carbons (Fsp3) is 0.421. The highest BCUT2D eigenvalue weighted by molar-refractivity contribution is 5.41. The molecule has 154 valence electrons. The van der Waals surface area contributed by atoms with E-state index in [2.05, 4.69) is 20.0 Å². The van der Waals surface area contributed by atoms with Crippen LogP contribution in [0.5, 0.6) is 11.5 Å². The van der Waals surface area contributed by atoms with Crippen molar-refractivity contribution in [2.24, 2.45) is 0 Å². The van der Waals surface area contributed by atoms with Crippen LogP contribution in [0.1, 0.15) is 35.7 Å². The van der Waals surface area contributed by atoms with Gasteiger partial charge in [-0.3, -0.25) is 4.90 Å². The molecule has 0 saturated carbocycles. The van der Waals surface area contributed by atoms with Gasteiger partial charge in [-0.2, -0.15) is 27.8 Å². The van der Waals surface area contributed by atoms with Gasteiger partial charge in [0, 0.05) is 18.2 Å². The van der Waals surface area contributed by atoms with Crippen LogP contribution in [0.4, 0.5) is 13.2 Å². The molecule has 0 aliphatic carbocycles. The van der Waals surface area contributed by atoms with Crippen molar-refractivity contribution in [3.63, 3.8) is 0 Å². The maximum atomic E-state index is 13.4. The van der Waals surface area contributed by atoms with E-state index in [1.807, 2.05) is 6.07 Å². The molecule has 1 aliphatic heterocycles. The van der Waals surface area contributed by atoms with E-state index in [9.17, 15) is 18.3 Å². The molecule has 7 nitrogen and oxygen atoms in total. The lowest BCUT2D eigenvalue weighted by Gasteiger charge is -2.32. The molecular weight excluding hydrogens is 387 g/mol. The van der Waals surface area contributed by atoms with Crippen LogP contribution in [0.3, 0.4) is 0 Å². The number of aromatic hydroxyl groups is 1. The average Bonchev–Trinajstić information content (AvgIpc) is 3.16. The Kier molecular flexibility index (Phi) is 5.03. The summed E-state index contributed by atoms with van der Waals surface area (Å²) in [6, 6.07) is 6.36. The van der Waals surface area contributed by atoms with Crippen LogP contribution in [-0.4, -0.2) is 49.8 Å². The first-order valence-corrected chi connectivity index (χ1v) is 9.21. The van der Waals surface area contributed by atoms with Crippen molar-refractivity contribution in [3.05, 3.63) is 47.5 Å². The molecule has 1 aliphatic rings. The molecule has 2 aromatic heterocycles. The monoisotopic (exact) mass is 407 g/mol. The van der Waals surface area contributed by atoms with Gasteiger partial charge in [0.05, 0.1) is 7.11 Å². The van der Waals surface area contributed by atoms with Crippen molar-refractivity contribution in [2.75, 3.05) is 20.2 Å². The van der Waals surface area contributed by atoms with Crippen molar-refractivity contribution in [2.45, 2.75) is 31.5 Å². The molecular formula is C19H20F3N5O2. The Morgan fingerprint density at radius 3 is 2.62 bits per heavy atom. The average molecular weight is 407 g/mol. The fourth-order valence-corrected chi connectivity index (χ4v) is 3.72. The third-order valence-electron chi connectivity index (χ3n) is 5.22. The van der Waals surface area contributed by atoms with E-state index in [1.165, 1.54) is 7.11 Å². The fourth-order valence-electron chi connectivity index (χ4n) is 3.72. The predicted octanol–water partition coefficient (Wildman–Crippen LogP) is 3.24. The molecule has 1 saturated heterocycles. The third kappa shape index (κ3) is 3.98. The Balaban J connectivity index is 1.46. The summed E-state index contributed by atoms with van der Waals surface area (Å²) in [5, 5.41) is 13.6. The number of halogens is 3. The first-order valence-electron chi connectivity index (χ1n) is 9.21. The van der Waals surface area contributed by atoms with E-state index in [4.69, 9.17) is 4.74 Å². The van der Waals surface area contributed by atoms with E-state index in [-0.39, 0.29) is 17.4 Å². The number of methoxy groups -OCH3 is 1. The number of benzene rings is 1. The Labute approximate surface area is 164 Å². The predicted molar refractivity (Wildman–Crippen MR) is 97.7 cm³/mol. The summed E-state index contributed by atoms with van der Waals surface area (Å²) in [6.07, 6.45) is -2.07. The van der Waals surface area contributed by atoms with Crippen LogP contribution in [0.15, 0.2) is 30.6 Å². The molecule has 0 radical (unpaired) electrons. The smallest absolute Gasteiger partial charge is 0.433 e. The summed E-state index contributed by atoms with van der Waals surface area (Å²) < 4.78 is 45.9. The van der Waals surface area contributed by atoms with Gasteiger partial charge in [-0.1, -0.05) is 6.07 Å². The van der Waals surface area contributed by atoms with Gasteiger partial charge in [-0.25, -0.2) is 4.98 Å². The molecule has 0 amide bonds. The highest BCUT2D eigenvalue weighted by Gasteiger charge is 2.36. The third-order valence-corrected chi connectivity index (χ3v) is 5.22. The lowest BCUT2D eigenvalue weighted by Crippen LogP contribution is -2.33. The van der Waals surface area contributed by atoms with Crippen LogP contribution in [-0.2, 0) is 12.7 Å². The number of aromatic nitrogens is 4. The Bertz CT molecular complexity index is 1010. The molecule has 3 heterocycles. The second kappa shape index (κ2) is 7.51. The SMILES string of the molecule is COc1ccc(CN2CCC(c3cc(C(F)(F)F)n4ncnc4n3)CC2)cc1O. The van der Waals surface area contributed by atoms with Crippen LogP contribution in [0.2, 0.25) is 0 Å². The minimum Gasteiger partial charge on any atom is -0.504 e. The molecule has 1 N–H and O–H groups in total. The van der Waals surface area contributed by atoms with E-state index in [1.54, 1.807) is 12.1 Å². The lowest BCUT2D eigenvalue weighted by atomic mass is 9.92. The molecule has 0 spiro atoms. The number of rotatable bonds is 4. The number of likely N-dealkylation sites (tertiary alicyclic amines) is 1. The van der Waals surface area contributed by atoms with Crippen molar-refractivity contribution < 1.29 is 23.0 Å². The van der Waals surface area contributed by atoms with E-state index < -0.39 is 11.9 Å². The molecule has 0 unspecified atom stereocenters. The van der Waals surface area contributed by atoms with Gasteiger partial charge in [0.2, 0.25) is 0 Å². The van der Waals surface area contributed by atoms with E-state index >= 15 is 0 Å². The summed E-state index contributed by atoms with van der Waals surface area (Å²) in [5.74, 6) is 0.400. The van der Waals surface area contributed by atoms with E-state index in [0.717, 1.165) is 35.6 Å². The number of hydrogen-bond donors (Lipinski definition) is 1. The van der Waals surface area contributed by atoms with Crippen molar-refractivity contribution in [1.82, 2.24) is 24.5 Å². The van der Waals surface area contributed by atoms with Gasteiger partial charge >= 0.3 is 6.18 Å². The highest BCUT2D eigenvalue weighted by atomic mass is 19.4. The molecule has 0 atom stereocenters. The molecule has 29 heavy (non-hydrogen) atoms. The molecule has 10 heteroatoms.